The molecule has 1 aromatic carbocycles. The molecule has 1 aliphatic rings. The molecule has 3 heteroatoms. The second-order valence-electron chi connectivity index (χ2n) is 6.01. The van der Waals surface area contributed by atoms with Crippen molar-refractivity contribution in [1.29, 1.82) is 0 Å². The van der Waals surface area contributed by atoms with Crippen LogP contribution in [0, 0.1) is 0 Å². The fraction of sp³-hybridized carbons (Fsp3) is 0.667. The minimum atomic E-state index is 0.179. The Morgan fingerprint density at radius 1 is 1.33 bits per heavy atom. The van der Waals surface area contributed by atoms with Crippen LogP contribution in [0.5, 0.6) is 5.75 Å². The second-order valence-corrected chi connectivity index (χ2v) is 6.01. The van der Waals surface area contributed by atoms with Crippen LogP contribution in [-0.2, 0) is 13.0 Å². The van der Waals surface area contributed by atoms with Crippen LogP contribution < -0.4 is 10.5 Å². The fourth-order valence-corrected chi connectivity index (χ4v) is 3.39. The van der Waals surface area contributed by atoms with Gasteiger partial charge >= 0.3 is 0 Å². The molecule has 3 nitrogen and oxygen atoms in total. The topological polar surface area (TPSA) is 38.5 Å². The molecule has 1 saturated heterocycles. The number of piperidine rings is 1. The lowest BCUT2D eigenvalue weighted by atomic mass is 10.0. The van der Waals surface area contributed by atoms with Gasteiger partial charge in [-0.15, -0.1) is 0 Å². The third-order valence-electron chi connectivity index (χ3n) is 4.64. The number of ether oxygens (including phenoxy) is 1. The zero-order chi connectivity index (χ0) is 15.2. The molecule has 0 spiro atoms. The monoisotopic (exact) mass is 290 g/mol. The van der Waals surface area contributed by atoms with E-state index in [0.29, 0.717) is 12.6 Å². The first-order valence-electron chi connectivity index (χ1n) is 8.44. The van der Waals surface area contributed by atoms with Crippen molar-refractivity contribution in [2.24, 2.45) is 5.73 Å². The Labute approximate surface area is 129 Å². The largest absolute Gasteiger partial charge is 0.475 e. The van der Waals surface area contributed by atoms with E-state index in [2.05, 4.69) is 43.9 Å². The summed E-state index contributed by atoms with van der Waals surface area (Å²) in [6.07, 6.45) is 6.07. The van der Waals surface area contributed by atoms with Crippen LogP contribution in [0.15, 0.2) is 18.2 Å². The molecule has 1 aliphatic heterocycles. The Kier molecular flexibility index (Phi) is 6.07. The lowest BCUT2D eigenvalue weighted by Gasteiger charge is -2.39. The minimum Gasteiger partial charge on any atom is -0.475 e. The van der Waals surface area contributed by atoms with Crippen LogP contribution in [-0.4, -0.2) is 23.7 Å². The van der Waals surface area contributed by atoms with E-state index in [1.54, 1.807) is 0 Å². The average molecular weight is 290 g/mol. The highest BCUT2D eigenvalue weighted by atomic mass is 16.5. The summed E-state index contributed by atoms with van der Waals surface area (Å²) < 4.78 is 6.41. The van der Waals surface area contributed by atoms with Crippen molar-refractivity contribution < 1.29 is 4.74 Å². The fourth-order valence-electron chi connectivity index (χ4n) is 3.39. The molecular formula is C18H30N2O. The first kappa shape index (κ1) is 16.3. The van der Waals surface area contributed by atoms with Gasteiger partial charge in [-0.05, 0) is 49.8 Å². The van der Waals surface area contributed by atoms with E-state index in [4.69, 9.17) is 10.5 Å². The van der Waals surface area contributed by atoms with Gasteiger partial charge in [0.05, 0.1) is 0 Å². The van der Waals surface area contributed by atoms with E-state index in [-0.39, 0.29) is 6.23 Å². The molecule has 0 amide bonds. The molecule has 1 heterocycles. The summed E-state index contributed by atoms with van der Waals surface area (Å²) in [4.78, 5) is 2.53. The molecule has 2 N–H and O–H groups in total. The Balaban J connectivity index is 2.18. The van der Waals surface area contributed by atoms with Crippen molar-refractivity contribution in [3.63, 3.8) is 0 Å². The molecule has 2 rings (SSSR count). The second kappa shape index (κ2) is 7.81. The highest BCUT2D eigenvalue weighted by Gasteiger charge is 2.26. The summed E-state index contributed by atoms with van der Waals surface area (Å²) in [5.41, 5.74) is 8.33. The van der Waals surface area contributed by atoms with Crippen LogP contribution in [0.2, 0.25) is 0 Å². The van der Waals surface area contributed by atoms with Crippen LogP contribution in [0.25, 0.3) is 0 Å². The quantitative estimate of drug-likeness (QED) is 0.868. The number of rotatable bonds is 6. The number of likely N-dealkylation sites (tertiary alicyclic amines) is 1. The molecule has 21 heavy (non-hydrogen) atoms. The number of hydrogen-bond acceptors (Lipinski definition) is 3. The Hall–Kier alpha value is -1.06. The molecule has 118 valence electrons. The van der Waals surface area contributed by atoms with Gasteiger partial charge in [0.2, 0.25) is 0 Å². The first-order valence-corrected chi connectivity index (χ1v) is 8.44. The van der Waals surface area contributed by atoms with Crippen molar-refractivity contribution >= 4 is 0 Å². The molecule has 0 saturated carbocycles. The zero-order valence-corrected chi connectivity index (χ0v) is 13.8. The van der Waals surface area contributed by atoms with Crippen LogP contribution in [0.4, 0.5) is 0 Å². The molecule has 0 aliphatic carbocycles. The maximum atomic E-state index is 6.41. The van der Waals surface area contributed by atoms with Crippen LogP contribution >= 0.6 is 0 Å². The molecule has 0 aromatic heterocycles. The maximum absolute atomic E-state index is 6.41. The van der Waals surface area contributed by atoms with E-state index in [9.17, 15) is 0 Å². The highest BCUT2D eigenvalue weighted by Crippen LogP contribution is 2.27. The standard InChI is InChI=1S/C18H30N2O/c1-4-16-15(13-19)10-8-11-17(16)21-18(5-2)20-12-7-6-9-14(20)3/h8,10-11,14,18H,4-7,9,12-13,19H2,1-3H3. The molecule has 2 unspecified atom stereocenters. The van der Waals surface area contributed by atoms with Gasteiger partial charge in [-0.25, -0.2) is 0 Å². The average Bonchev–Trinajstić information content (AvgIpc) is 2.52. The van der Waals surface area contributed by atoms with Crippen molar-refractivity contribution in [1.82, 2.24) is 4.90 Å². The Morgan fingerprint density at radius 3 is 2.76 bits per heavy atom. The van der Waals surface area contributed by atoms with Gasteiger partial charge < -0.3 is 10.5 Å². The number of nitrogens with two attached hydrogens (primary N) is 1. The van der Waals surface area contributed by atoms with Crippen molar-refractivity contribution in [3.8, 4) is 5.75 Å². The summed E-state index contributed by atoms with van der Waals surface area (Å²) in [5, 5.41) is 0. The van der Waals surface area contributed by atoms with Gasteiger partial charge in [0.25, 0.3) is 0 Å². The van der Waals surface area contributed by atoms with Crippen molar-refractivity contribution in [3.05, 3.63) is 29.3 Å². The lowest BCUT2D eigenvalue weighted by Crippen LogP contribution is -2.47. The smallest absolute Gasteiger partial charge is 0.152 e. The van der Waals surface area contributed by atoms with Gasteiger partial charge in [0.1, 0.15) is 5.75 Å². The third kappa shape index (κ3) is 3.78. The summed E-state index contributed by atoms with van der Waals surface area (Å²) in [6.45, 7) is 8.44. The van der Waals surface area contributed by atoms with Gasteiger partial charge in [0.15, 0.2) is 6.23 Å². The molecule has 0 bridgehead atoms. The normalized spacial score (nSPS) is 21.2. The zero-order valence-electron chi connectivity index (χ0n) is 13.8. The molecule has 0 radical (unpaired) electrons. The summed E-state index contributed by atoms with van der Waals surface area (Å²) in [5.74, 6) is 1.02. The maximum Gasteiger partial charge on any atom is 0.152 e. The van der Waals surface area contributed by atoms with Crippen LogP contribution in [0.1, 0.15) is 57.6 Å². The predicted molar refractivity (Wildman–Crippen MR) is 88.4 cm³/mol. The summed E-state index contributed by atoms with van der Waals surface area (Å²) in [6, 6.07) is 6.88. The molecule has 1 aromatic rings. The van der Waals surface area contributed by atoms with Gasteiger partial charge in [-0.1, -0.05) is 32.4 Å². The molecule has 1 fully saturated rings. The summed E-state index contributed by atoms with van der Waals surface area (Å²) >= 11 is 0. The van der Waals surface area contributed by atoms with E-state index >= 15 is 0 Å². The molecular weight excluding hydrogens is 260 g/mol. The minimum absolute atomic E-state index is 0.179. The Bertz CT molecular complexity index is 447. The van der Waals surface area contributed by atoms with Crippen LogP contribution in [0.3, 0.4) is 0 Å². The lowest BCUT2D eigenvalue weighted by molar-refractivity contribution is -0.0200. The Morgan fingerprint density at radius 2 is 2.14 bits per heavy atom. The van der Waals surface area contributed by atoms with Gasteiger partial charge in [-0.3, -0.25) is 4.90 Å². The number of nitrogens with zero attached hydrogens (tertiary/aromatic N) is 1. The van der Waals surface area contributed by atoms with E-state index in [1.165, 1.54) is 30.4 Å². The summed E-state index contributed by atoms with van der Waals surface area (Å²) in [7, 11) is 0. The van der Waals surface area contributed by atoms with E-state index in [1.807, 2.05) is 0 Å². The van der Waals surface area contributed by atoms with Gasteiger partial charge in [-0.2, -0.15) is 0 Å². The number of benzene rings is 1. The van der Waals surface area contributed by atoms with Crippen molar-refractivity contribution in [2.45, 2.75) is 71.7 Å². The van der Waals surface area contributed by atoms with E-state index in [0.717, 1.165) is 25.1 Å². The van der Waals surface area contributed by atoms with Gasteiger partial charge in [0, 0.05) is 19.1 Å². The first-order chi connectivity index (χ1) is 10.2. The van der Waals surface area contributed by atoms with Crippen molar-refractivity contribution in [2.75, 3.05) is 6.54 Å². The third-order valence-corrected chi connectivity index (χ3v) is 4.64. The number of hydrogen-bond donors (Lipinski definition) is 1. The molecule has 2 atom stereocenters. The highest BCUT2D eigenvalue weighted by molar-refractivity contribution is 5.40. The predicted octanol–water partition coefficient (Wildman–Crippen LogP) is 3.70. The van der Waals surface area contributed by atoms with E-state index < -0.39 is 0 Å². The SMILES string of the molecule is CCc1c(CN)cccc1OC(CC)N1CCCCC1C.